The summed E-state index contributed by atoms with van der Waals surface area (Å²) in [6.45, 7) is 1.73. The van der Waals surface area contributed by atoms with Crippen LogP contribution in [0.25, 0.3) is 0 Å². The summed E-state index contributed by atoms with van der Waals surface area (Å²) in [5.41, 5.74) is 1.35. The maximum absolute atomic E-state index is 11.9. The van der Waals surface area contributed by atoms with Crippen molar-refractivity contribution in [2.75, 3.05) is 17.2 Å². The summed E-state index contributed by atoms with van der Waals surface area (Å²) in [6.07, 6.45) is 0.425. The van der Waals surface area contributed by atoms with E-state index in [1.54, 1.807) is 31.2 Å². The third-order valence-electron chi connectivity index (χ3n) is 2.96. The number of halogens is 1. The van der Waals surface area contributed by atoms with E-state index >= 15 is 0 Å². The Morgan fingerprint density at radius 1 is 0.913 bits per heavy atom. The molecule has 2 N–H and O–H groups in total. The van der Waals surface area contributed by atoms with Crippen molar-refractivity contribution in [1.29, 1.82) is 0 Å². The van der Waals surface area contributed by atoms with Gasteiger partial charge in [0.1, 0.15) is 5.75 Å². The van der Waals surface area contributed by atoms with Gasteiger partial charge in [0.15, 0.2) is 6.61 Å². The van der Waals surface area contributed by atoms with Crippen molar-refractivity contribution >= 4 is 45.8 Å². The summed E-state index contributed by atoms with van der Waals surface area (Å²) >= 11 is 2.20. The molecule has 0 heterocycles. The molecular weight excluding hydrogens is 407 g/mol. The van der Waals surface area contributed by atoms with Crippen molar-refractivity contribution in [3.63, 3.8) is 0 Å². The van der Waals surface area contributed by atoms with Gasteiger partial charge in [-0.1, -0.05) is 6.92 Å². The largest absolute Gasteiger partial charge is 0.484 e. The zero-order valence-corrected chi connectivity index (χ0v) is 14.8. The maximum Gasteiger partial charge on any atom is 0.262 e. The second-order valence-electron chi connectivity index (χ2n) is 4.77. The minimum absolute atomic E-state index is 0.0484. The molecular formula is C17H17IN2O3. The Labute approximate surface area is 148 Å². The molecule has 2 aromatic rings. The van der Waals surface area contributed by atoms with Gasteiger partial charge in [0, 0.05) is 21.4 Å². The first-order valence-electron chi connectivity index (χ1n) is 7.15. The number of carbonyl (C=O) groups excluding carboxylic acids is 2. The highest BCUT2D eigenvalue weighted by atomic mass is 127. The molecule has 0 atom stereocenters. The molecule has 0 aliphatic rings. The van der Waals surface area contributed by atoms with Crippen LogP contribution < -0.4 is 15.4 Å². The first-order chi connectivity index (χ1) is 11.1. The number of rotatable bonds is 6. The van der Waals surface area contributed by atoms with Crippen LogP contribution in [0.4, 0.5) is 11.4 Å². The summed E-state index contributed by atoms with van der Waals surface area (Å²) in [5.74, 6) is 0.361. The van der Waals surface area contributed by atoms with E-state index < -0.39 is 0 Å². The smallest absolute Gasteiger partial charge is 0.262 e. The Kier molecular flexibility index (Phi) is 6.40. The fourth-order valence-corrected chi connectivity index (χ4v) is 2.12. The number of hydrogen-bond donors (Lipinski definition) is 2. The van der Waals surface area contributed by atoms with E-state index in [9.17, 15) is 9.59 Å². The SMILES string of the molecule is CCC(=O)Nc1ccc(NC(=O)COc2ccc(I)cc2)cc1. The van der Waals surface area contributed by atoms with Crippen LogP contribution in [0.1, 0.15) is 13.3 Å². The van der Waals surface area contributed by atoms with Crippen LogP contribution in [0.5, 0.6) is 5.75 Å². The highest BCUT2D eigenvalue weighted by molar-refractivity contribution is 14.1. The summed E-state index contributed by atoms with van der Waals surface area (Å²) in [7, 11) is 0. The summed E-state index contributed by atoms with van der Waals surface area (Å²) in [4.78, 5) is 23.1. The van der Waals surface area contributed by atoms with Crippen molar-refractivity contribution in [2.45, 2.75) is 13.3 Å². The van der Waals surface area contributed by atoms with E-state index in [0.29, 0.717) is 23.5 Å². The van der Waals surface area contributed by atoms with Crippen LogP contribution in [0, 0.1) is 3.57 Å². The van der Waals surface area contributed by atoms with Crippen molar-refractivity contribution in [2.24, 2.45) is 0 Å². The van der Waals surface area contributed by atoms with Crippen molar-refractivity contribution in [1.82, 2.24) is 0 Å². The molecule has 2 rings (SSSR count). The van der Waals surface area contributed by atoms with Crippen LogP contribution in [0.2, 0.25) is 0 Å². The molecule has 0 aliphatic carbocycles. The number of benzene rings is 2. The maximum atomic E-state index is 11.9. The topological polar surface area (TPSA) is 67.4 Å². The van der Waals surface area contributed by atoms with Gasteiger partial charge in [0.05, 0.1) is 0 Å². The summed E-state index contributed by atoms with van der Waals surface area (Å²) in [6, 6.07) is 14.4. The average Bonchev–Trinajstić information content (AvgIpc) is 2.56. The quantitative estimate of drug-likeness (QED) is 0.696. The predicted molar refractivity (Wildman–Crippen MR) is 98.6 cm³/mol. The van der Waals surface area contributed by atoms with Crippen LogP contribution in [-0.2, 0) is 9.59 Å². The van der Waals surface area contributed by atoms with Crippen LogP contribution >= 0.6 is 22.6 Å². The Balaban J connectivity index is 1.82. The van der Waals surface area contributed by atoms with Crippen molar-refractivity contribution in [3.8, 4) is 5.75 Å². The Morgan fingerprint density at radius 3 is 1.96 bits per heavy atom. The predicted octanol–water partition coefficient (Wildman–Crippen LogP) is 3.66. The van der Waals surface area contributed by atoms with Crippen LogP contribution in [0.15, 0.2) is 48.5 Å². The van der Waals surface area contributed by atoms with E-state index in [0.717, 1.165) is 3.57 Å². The lowest BCUT2D eigenvalue weighted by atomic mass is 10.2. The number of ether oxygens (including phenoxy) is 1. The van der Waals surface area contributed by atoms with Gasteiger partial charge in [-0.3, -0.25) is 9.59 Å². The van der Waals surface area contributed by atoms with Gasteiger partial charge < -0.3 is 15.4 Å². The lowest BCUT2D eigenvalue weighted by Gasteiger charge is -2.09. The summed E-state index contributed by atoms with van der Waals surface area (Å²) < 4.78 is 6.52. The molecule has 5 nitrogen and oxygen atoms in total. The molecule has 2 amide bonds. The number of anilines is 2. The van der Waals surface area contributed by atoms with E-state index in [1.807, 2.05) is 24.3 Å². The molecule has 0 aromatic heterocycles. The van der Waals surface area contributed by atoms with E-state index in [2.05, 4.69) is 33.2 Å². The molecule has 0 spiro atoms. The molecule has 0 saturated carbocycles. The first-order valence-corrected chi connectivity index (χ1v) is 8.23. The molecule has 2 aromatic carbocycles. The fourth-order valence-electron chi connectivity index (χ4n) is 1.76. The van der Waals surface area contributed by atoms with Gasteiger partial charge in [0.2, 0.25) is 5.91 Å². The third-order valence-corrected chi connectivity index (χ3v) is 3.68. The standard InChI is InChI=1S/C17H17IN2O3/c1-2-16(21)19-13-5-7-14(8-6-13)20-17(22)11-23-15-9-3-12(18)4-10-15/h3-10H,2,11H2,1H3,(H,19,21)(H,20,22). The van der Waals surface area contributed by atoms with Crippen molar-refractivity contribution < 1.29 is 14.3 Å². The lowest BCUT2D eigenvalue weighted by Crippen LogP contribution is -2.20. The second kappa shape index (κ2) is 8.52. The minimum Gasteiger partial charge on any atom is -0.484 e. The molecule has 0 saturated heterocycles. The number of hydrogen-bond acceptors (Lipinski definition) is 3. The second-order valence-corrected chi connectivity index (χ2v) is 6.02. The minimum atomic E-state index is -0.242. The molecule has 0 bridgehead atoms. The normalized spacial score (nSPS) is 10.0. The van der Waals surface area contributed by atoms with E-state index in [4.69, 9.17) is 4.74 Å². The van der Waals surface area contributed by atoms with Crippen LogP contribution in [0.3, 0.4) is 0 Å². The number of amides is 2. The highest BCUT2D eigenvalue weighted by Gasteiger charge is 2.05. The average molecular weight is 424 g/mol. The number of carbonyl (C=O) groups is 2. The van der Waals surface area contributed by atoms with Gasteiger partial charge in [-0.2, -0.15) is 0 Å². The Hall–Kier alpha value is -2.09. The monoisotopic (exact) mass is 424 g/mol. The Bertz CT molecular complexity index is 669. The molecule has 120 valence electrons. The van der Waals surface area contributed by atoms with Crippen LogP contribution in [-0.4, -0.2) is 18.4 Å². The zero-order chi connectivity index (χ0) is 16.7. The van der Waals surface area contributed by atoms with E-state index in [-0.39, 0.29) is 18.4 Å². The molecule has 0 radical (unpaired) electrons. The fraction of sp³-hybridized carbons (Fsp3) is 0.176. The summed E-state index contributed by atoms with van der Waals surface area (Å²) in [5, 5.41) is 5.49. The third kappa shape index (κ3) is 5.90. The van der Waals surface area contributed by atoms with Gasteiger partial charge in [-0.15, -0.1) is 0 Å². The van der Waals surface area contributed by atoms with Gasteiger partial charge in [-0.05, 0) is 71.1 Å². The van der Waals surface area contributed by atoms with Crippen molar-refractivity contribution in [3.05, 3.63) is 52.1 Å². The molecule has 23 heavy (non-hydrogen) atoms. The van der Waals surface area contributed by atoms with Gasteiger partial charge >= 0.3 is 0 Å². The molecule has 0 fully saturated rings. The zero-order valence-electron chi connectivity index (χ0n) is 12.6. The highest BCUT2D eigenvalue weighted by Crippen LogP contribution is 2.15. The Morgan fingerprint density at radius 2 is 1.43 bits per heavy atom. The van der Waals surface area contributed by atoms with Gasteiger partial charge in [0.25, 0.3) is 5.91 Å². The molecule has 6 heteroatoms. The molecule has 0 aliphatic heterocycles. The molecule has 0 unspecified atom stereocenters. The first kappa shape index (κ1) is 17.3. The van der Waals surface area contributed by atoms with E-state index in [1.165, 1.54) is 0 Å². The number of nitrogens with one attached hydrogen (secondary N) is 2. The van der Waals surface area contributed by atoms with Gasteiger partial charge in [-0.25, -0.2) is 0 Å². The lowest BCUT2D eigenvalue weighted by molar-refractivity contribution is -0.118.